The quantitative estimate of drug-likeness (QED) is 0.643. The number of Topliss-reactive ketones (excluding diaryl/α,β-unsaturated/α-hetero) is 1. The summed E-state index contributed by atoms with van der Waals surface area (Å²) in [5.74, 6) is -0.990. The van der Waals surface area contributed by atoms with E-state index in [9.17, 15) is 13.6 Å². The van der Waals surface area contributed by atoms with Crippen molar-refractivity contribution in [1.29, 1.82) is 0 Å². The van der Waals surface area contributed by atoms with E-state index >= 15 is 0 Å². The number of hydrogen-bond donors (Lipinski definition) is 0. The summed E-state index contributed by atoms with van der Waals surface area (Å²) in [5, 5.41) is 0. The molecule has 0 bridgehead atoms. The van der Waals surface area contributed by atoms with E-state index in [-0.39, 0.29) is 5.92 Å². The Labute approximate surface area is 125 Å². The van der Waals surface area contributed by atoms with Gasteiger partial charge < -0.3 is 0 Å². The first-order chi connectivity index (χ1) is 10.0. The van der Waals surface area contributed by atoms with Gasteiger partial charge in [-0.05, 0) is 62.1 Å². The second-order valence-electron chi connectivity index (χ2n) is 6.28. The highest BCUT2D eigenvalue weighted by Gasteiger charge is 2.24. The van der Waals surface area contributed by atoms with Crippen LogP contribution in [0.5, 0.6) is 0 Å². The van der Waals surface area contributed by atoms with E-state index < -0.39 is 23.0 Å². The van der Waals surface area contributed by atoms with Crippen molar-refractivity contribution in [2.75, 3.05) is 0 Å². The minimum Gasteiger partial charge on any atom is -0.294 e. The molecule has 1 aliphatic carbocycles. The van der Waals surface area contributed by atoms with Gasteiger partial charge in [-0.2, -0.15) is 0 Å². The Balaban J connectivity index is 2.05. The molecule has 0 N–H and O–H groups in total. The molecule has 116 valence electrons. The van der Waals surface area contributed by atoms with Crippen molar-refractivity contribution >= 4 is 5.78 Å². The second kappa shape index (κ2) is 7.15. The minimum absolute atomic E-state index is 0.230. The Morgan fingerprint density at radius 2 is 1.71 bits per heavy atom. The first-order valence-electron chi connectivity index (χ1n) is 8.02. The van der Waals surface area contributed by atoms with Gasteiger partial charge in [0.1, 0.15) is 11.6 Å². The molecule has 1 saturated carbocycles. The number of ketones is 1. The van der Waals surface area contributed by atoms with Crippen LogP contribution in [0.2, 0.25) is 0 Å². The molecule has 21 heavy (non-hydrogen) atoms. The van der Waals surface area contributed by atoms with Crippen molar-refractivity contribution in [3.8, 4) is 0 Å². The lowest BCUT2D eigenvalue weighted by atomic mass is 9.77. The summed E-state index contributed by atoms with van der Waals surface area (Å²) in [6.07, 6.45) is 8.04. The van der Waals surface area contributed by atoms with Gasteiger partial charge in [0.2, 0.25) is 0 Å². The Kier molecular flexibility index (Phi) is 5.49. The predicted octanol–water partition coefficient (Wildman–Crippen LogP) is 5.63. The lowest BCUT2D eigenvalue weighted by Gasteiger charge is -2.29. The lowest BCUT2D eigenvalue weighted by Crippen LogP contribution is -2.14. The van der Waals surface area contributed by atoms with Crippen LogP contribution in [0.4, 0.5) is 8.78 Å². The lowest BCUT2D eigenvalue weighted by molar-refractivity contribution is 0.100. The zero-order valence-electron chi connectivity index (χ0n) is 12.9. The Bertz CT molecular complexity index is 479. The van der Waals surface area contributed by atoms with Crippen molar-refractivity contribution in [2.24, 2.45) is 5.92 Å². The summed E-state index contributed by atoms with van der Waals surface area (Å²) < 4.78 is 27.8. The molecule has 0 saturated heterocycles. The molecule has 0 aromatic heterocycles. The van der Waals surface area contributed by atoms with Crippen molar-refractivity contribution in [2.45, 2.75) is 64.7 Å². The van der Waals surface area contributed by atoms with E-state index in [0.29, 0.717) is 5.56 Å². The summed E-state index contributed by atoms with van der Waals surface area (Å²) in [7, 11) is 0. The highest BCUT2D eigenvalue weighted by atomic mass is 19.1. The number of benzene rings is 1. The molecule has 1 fully saturated rings. The normalized spacial score (nSPS) is 22.3. The van der Waals surface area contributed by atoms with Gasteiger partial charge in [-0.3, -0.25) is 4.79 Å². The molecular weight excluding hydrogens is 270 g/mol. The molecule has 0 aliphatic heterocycles. The maximum absolute atomic E-state index is 13.9. The summed E-state index contributed by atoms with van der Waals surface area (Å²) in [4.78, 5) is 11.2. The Hall–Kier alpha value is -1.25. The first-order valence-corrected chi connectivity index (χ1v) is 8.02. The molecule has 0 atom stereocenters. The van der Waals surface area contributed by atoms with E-state index in [1.54, 1.807) is 0 Å². The molecule has 2 rings (SSSR count). The fourth-order valence-corrected chi connectivity index (χ4v) is 3.44. The minimum atomic E-state index is -0.717. The molecule has 1 aromatic rings. The standard InChI is InChI=1S/C18H24F2O/c1-3-4-5-13-6-8-14(9-7-13)15-10-16(19)18(12(2)21)17(20)11-15/h10-11,13-14H,3-9H2,1-2H3. The third-order valence-corrected chi connectivity index (χ3v) is 4.70. The number of halogens is 2. The smallest absolute Gasteiger partial charge is 0.165 e. The van der Waals surface area contributed by atoms with Gasteiger partial charge in [-0.25, -0.2) is 8.78 Å². The molecule has 1 nitrogen and oxygen atoms in total. The van der Waals surface area contributed by atoms with Crippen LogP contribution in [-0.4, -0.2) is 5.78 Å². The molecule has 0 spiro atoms. The zero-order valence-corrected chi connectivity index (χ0v) is 12.9. The fraction of sp³-hybridized carbons (Fsp3) is 0.611. The van der Waals surface area contributed by atoms with E-state index in [2.05, 4.69) is 6.92 Å². The second-order valence-corrected chi connectivity index (χ2v) is 6.28. The molecule has 0 amide bonds. The van der Waals surface area contributed by atoms with E-state index in [0.717, 1.165) is 31.6 Å². The van der Waals surface area contributed by atoms with Crippen LogP contribution in [-0.2, 0) is 0 Å². The van der Waals surface area contributed by atoms with Crippen LogP contribution in [0, 0.1) is 17.6 Å². The highest BCUT2D eigenvalue weighted by Crippen LogP contribution is 2.38. The van der Waals surface area contributed by atoms with Crippen LogP contribution in [0.25, 0.3) is 0 Å². The van der Waals surface area contributed by atoms with Crippen LogP contribution in [0.3, 0.4) is 0 Å². The van der Waals surface area contributed by atoms with Crippen LogP contribution in [0.1, 0.15) is 80.6 Å². The van der Waals surface area contributed by atoms with Crippen molar-refractivity contribution in [3.05, 3.63) is 34.9 Å². The van der Waals surface area contributed by atoms with E-state index in [4.69, 9.17) is 0 Å². The molecule has 0 radical (unpaired) electrons. The van der Waals surface area contributed by atoms with Crippen LogP contribution >= 0.6 is 0 Å². The molecular formula is C18H24F2O. The molecule has 3 heteroatoms. The summed E-state index contributed by atoms with van der Waals surface area (Å²) in [6, 6.07) is 2.72. The number of unbranched alkanes of at least 4 members (excludes halogenated alkanes) is 1. The zero-order chi connectivity index (χ0) is 15.4. The van der Waals surface area contributed by atoms with Gasteiger partial charge in [-0.15, -0.1) is 0 Å². The first kappa shape index (κ1) is 16.1. The van der Waals surface area contributed by atoms with Gasteiger partial charge in [0, 0.05) is 0 Å². The van der Waals surface area contributed by atoms with Crippen LogP contribution in [0.15, 0.2) is 12.1 Å². The van der Waals surface area contributed by atoms with Gasteiger partial charge in [0.15, 0.2) is 5.78 Å². The molecule has 0 heterocycles. The number of rotatable bonds is 5. The topological polar surface area (TPSA) is 17.1 Å². The van der Waals surface area contributed by atoms with Crippen molar-refractivity contribution < 1.29 is 13.6 Å². The van der Waals surface area contributed by atoms with Gasteiger partial charge in [0.25, 0.3) is 0 Å². The maximum atomic E-state index is 13.9. The van der Waals surface area contributed by atoms with Gasteiger partial charge >= 0.3 is 0 Å². The predicted molar refractivity (Wildman–Crippen MR) is 80.6 cm³/mol. The number of carbonyl (C=O) groups is 1. The number of carbonyl (C=O) groups excluding carboxylic acids is 1. The average Bonchev–Trinajstić information content (AvgIpc) is 2.44. The maximum Gasteiger partial charge on any atom is 0.165 e. The van der Waals surface area contributed by atoms with Gasteiger partial charge in [-0.1, -0.05) is 26.2 Å². The van der Waals surface area contributed by atoms with Crippen molar-refractivity contribution in [1.82, 2.24) is 0 Å². The van der Waals surface area contributed by atoms with Crippen LogP contribution < -0.4 is 0 Å². The molecule has 1 aliphatic rings. The number of hydrogen-bond acceptors (Lipinski definition) is 1. The molecule has 1 aromatic carbocycles. The molecule has 0 unspecified atom stereocenters. The SMILES string of the molecule is CCCCC1CCC(c2cc(F)c(C(C)=O)c(F)c2)CC1. The monoisotopic (exact) mass is 294 g/mol. The van der Waals surface area contributed by atoms with Gasteiger partial charge in [0.05, 0.1) is 5.56 Å². The fourth-order valence-electron chi connectivity index (χ4n) is 3.44. The van der Waals surface area contributed by atoms with E-state index in [1.165, 1.54) is 38.3 Å². The summed E-state index contributed by atoms with van der Waals surface area (Å²) >= 11 is 0. The Morgan fingerprint density at radius 3 is 2.19 bits per heavy atom. The summed E-state index contributed by atoms with van der Waals surface area (Å²) in [6.45, 7) is 3.40. The largest absolute Gasteiger partial charge is 0.294 e. The van der Waals surface area contributed by atoms with E-state index in [1.807, 2.05) is 0 Å². The third kappa shape index (κ3) is 3.90. The highest BCUT2D eigenvalue weighted by molar-refractivity contribution is 5.94. The third-order valence-electron chi connectivity index (χ3n) is 4.70. The summed E-state index contributed by atoms with van der Waals surface area (Å²) in [5.41, 5.74) is 0.305. The average molecular weight is 294 g/mol. The Morgan fingerprint density at radius 1 is 1.14 bits per heavy atom. The van der Waals surface area contributed by atoms with Crippen molar-refractivity contribution in [3.63, 3.8) is 0 Å².